The van der Waals surface area contributed by atoms with Crippen molar-refractivity contribution in [1.29, 1.82) is 0 Å². The fraction of sp³-hybridized carbons (Fsp3) is 0.0233. The molecule has 0 radical (unpaired) electrons. The molecule has 47 heavy (non-hydrogen) atoms. The van der Waals surface area contributed by atoms with E-state index in [0.717, 1.165) is 50.8 Å². The van der Waals surface area contributed by atoms with Gasteiger partial charge in [0, 0.05) is 33.5 Å². The lowest BCUT2D eigenvalue weighted by molar-refractivity contribution is 0.415. The Morgan fingerprint density at radius 2 is 0.830 bits per heavy atom. The van der Waals surface area contributed by atoms with Crippen molar-refractivity contribution in [2.45, 2.75) is 0 Å². The van der Waals surface area contributed by atoms with Crippen molar-refractivity contribution in [2.24, 2.45) is 0 Å². The van der Waals surface area contributed by atoms with Crippen molar-refractivity contribution in [3.63, 3.8) is 0 Å². The summed E-state index contributed by atoms with van der Waals surface area (Å²) in [5.74, 6) is 0.601. The van der Waals surface area contributed by atoms with Crippen molar-refractivity contribution >= 4 is 38.9 Å². The highest BCUT2D eigenvalue weighted by Gasteiger charge is 2.16. The molecule has 0 unspecified atom stereocenters. The molecule has 4 heteroatoms. The third-order valence-corrected chi connectivity index (χ3v) is 8.80. The van der Waals surface area contributed by atoms with Crippen LogP contribution < -0.4 is 9.64 Å². The van der Waals surface area contributed by atoms with Gasteiger partial charge in [-0.1, -0.05) is 84.9 Å². The van der Waals surface area contributed by atoms with E-state index in [9.17, 15) is 4.39 Å². The van der Waals surface area contributed by atoms with E-state index in [1.165, 1.54) is 33.9 Å². The van der Waals surface area contributed by atoms with Crippen LogP contribution in [0.2, 0.25) is 0 Å². The van der Waals surface area contributed by atoms with E-state index in [0.29, 0.717) is 0 Å². The van der Waals surface area contributed by atoms with Gasteiger partial charge in [0.15, 0.2) is 0 Å². The predicted octanol–water partition coefficient (Wildman–Crippen LogP) is 11.7. The topological polar surface area (TPSA) is 17.4 Å². The van der Waals surface area contributed by atoms with Crippen molar-refractivity contribution in [2.75, 3.05) is 12.0 Å². The molecule has 0 atom stereocenters. The van der Waals surface area contributed by atoms with Crippen LogP contribution in [0.15, 0.2) is 170 Å². The highest BCUT2D eigenvalue weighted by atomic mass is 19.1. The SMILES string of the molecule is COc1ccc(-c2ccc(N(c3ccc(-c4ccc(F)cc4)cc3)c3ccc(-n4c5ccccc5c5ccccc54)cc3)cc2)cc1. The van der Waals surface area contributed by atoms with E-state index < -0.39 is 0 Å². The minimum absolute atomic E-state index is 0.237. The molecule has 3 nitrogen and oxygen atoms in total. The number of hydrogen-bond donors (Lipinski definition) is 0. The first-order valence-electron chi connectivity index (χ1n) is 15.7. The van der Waals surface area contributed by atoms with Crippen LogP contribution in [-0.2, 0) is 0 Å². The number of benzene rings is 7. The highest BCUT2D eigenvalue weighted by Crippen LogP contribution is 2.38. The van der Waals surface area contributed by atoms with Crippen LogP contribution in [0, 0.1) is 5.82 Å². The number of hydrogen-bond acceptors (Lipinski definition) is 2. The average molecular weight is 611 g/mol. The summed E-state index contributed by atoms with van der Waals surface area (Å²) in [6.45, 7) is 0. The standard InChI is InChI=1S/C43H31FN2O/c1-47-39-28-16-33(17-29-39)32-14-22-36(23-15-32)45(35-20-12-31(13-21-35)30-10-18-34(44)19-11-30)37-24-26-38(27-25-37)46-42-8-4-2-6-40(42)41-7-3-5-9-43(41)46/h2-29H,1H3. The second kappa shape index (κ2) is 12.0. The Morgan fingerprint density at radius 3 is 1.28 bits per heavy atom. The zero-order valence-corrected chi connectivity index (χ0v) is 25.8. The molecule has 8 aromatic rings. The van der Waals surface area contributed by atoms with E-state index in [-0.39, 0.29) is 5.82 Å². The number of para-hydroxylation sites is 2. The maximum Gasteiger partial charge on any atom is 0.123 e. The lowest BCUT2D eigenvalue weighted by Gasteiger charge is -2.26. The Bertz CT molecular complexity index is 2250. The Labute approximate surface area is 273 Å². The maximum atomic E-state index is 13.6. The molecular weight excluding hydrogens is 579 g/mol. The smallest absolute Gasteiger partial charge is 0.123 e. The molecule has 1 aromatic heterocycles. The normalized spacial score (nSPS) is 11.2. The van der Waals surface area contributed by atoms with Crippen LogP contribution in [-0.4, -0.2) is 11.7 Å². The van der Waals surface area contributed by atoms with Crippen molar-refractivity contribution in [1.82, 2.24) is 4.57 Å². The first-order chi connectivity index (χ1) is 23.2. The summed E-state index contributed by atoms with van der Waals surface area (Å²) in [7, 11) is 1.68. The Balaban J connectivity index is 1.20. The number of nitrogens with zero attached hydrogens (tertiary/aromatic N) is 2. The van der Waals surface area contributed by atoms with Crippen molar-refractivity contribution in [3.05, 3.63) is 176 Å². The van der Waals surface area contributed by atoms with E-state index in [1.54, 1.807) is 7.11 Å². The number of aromatic nitrogens is 1. The minimum atomic E-state index is -0.237. The number of halogens is 1. The molecule has 0 spiro atoms. The van der Waals surface area contributed by atoms with Gasteiger partial charge in [0.05, 0.1) is 18.1 Å². The van der Waals surface area contributed by atoms with Crippen molar-refractivity contribution < 1.29 is 9.13 Å². The van der Waals surface area contributed by atoms with Crippen LogP contribution in [0.3, 0.4) is 0 Å². The molecule has 0 N–H and O–H groups in total. The molecule has 0 saturated heterocycles. The highest BCUT2D eigenvalue weighted by molar-refractivity contribution is 6.09. The summed E-state index contributed by atoms with van der Waals surface area (Å²) in [5.41, 5.74) is 10.8. The molecule has 226 valence electrons. The van der Waals surface area contributed by atoms with Crippen LogP contribution in [0.5, 0.6) is 5.75 Å². The summed E-state index contributed by atoms with van der Waals surface area (Å²) >= 11 is 0. The lowest BCUT2D eigenvalue weighted by Crippen LogP contribution is -2.10. The molecule has 7 aromatic carbocycles. The van der Waals surface area contributed by atoms with Crippen LogP contribution in [0.1, 0.15) is 0 Å². The van der Waals surface area contributed by atoms with Crippen LogP contribution >= 0.6 is 0 Å². The largest absolute Gasteiger partial charge is 0.497 e. The zero-order chi connectivity index (χ0) is 31.7. The zero-order valence-electron chi connectivity index (χ0n) is 25.8. The molecule has 0 aliphatic heterocycles. The quantitative estimate of drug-likeness (QED) is 0.179. The van der Waals surface area contributed by atoms with E-state index in [1.807, 2.05) is 24.3 Å². The van der Waals surface area contributed by atoms with Crippen LogP contribution in [0.25, 0.3) is 49.7 Å². The van der Waals surface area contributed by atoms with Gasteiger partial charge in [-0.2, -0.15) is 0 Å². The third kappa shape index (κ3) is 5.30. The number of methoxy groups -OCH3 is 1. The minimum Gasteiger partial charge on any atom is -0.497 e. The molecule has 8 rings (SSSR count). The number of fused-ring (bicyclic) bond motifs is 3. The molecule has 0 saturated carbocycles. The second-order valence-corrected chi connectivity index (χ2v) is 11.6. The van der Waals surface area contributed by atoms with Gasteiger partial charge in [-0.25, -0.2) is 4.39 Å². The summed E-state index contributed by atoms with van der Waals surface area (Å²) < 4.78 is 21.3. The van der Waals surface area contributed by atoms with E-state index >= 15 is 0 Å². The second-order valence-electron chi connectivity index (χ2n) is 11.6. The summed E-state index contributed by atoms with van der Waals surface area (Å²) in [5, 5.41) is 2.49. The summed E-state index contributed by atoms with van der Waals surface area (Å²) in [6.07, 6.45) is 0. The molecule has 0 aliphatic rings. The van der Waals surface area contributed by atoms with E-state index in [4.69, 9.17) is 4.74 Å². The van der Waals surface area contributed by atoms with Crippen molar-refractivity contribution in [3.8, 4) is 33.7 Å². The van der Waals surface area contributed by atoms with E-state index in [2.05, 4.69) is 143 Å². The summed E-state index contributed by atoms with van der Waals surface area (Å²) in [4.78, 5) is 2.27. The fourth-order valence-corrected chi connectivity index (χ4v) is 6.43. The van der Waals surface area contributed by atoms with Gasteiger partial charge >= 0.3 is 0 Å². The number of rotatable bonds is 7. The molecule has 0 bridgehead atoms. The molecule has 0 aliphatic carbocycles. The van der Waals surface area contributed by atoms with Gasteiger partial charge in [0.2, 0.25) is 0 Å². The van der Waals surface area contributed by atoms with Gasteiger partial charge in [-0.05, 0) is 107 Å². The Hall–Kier alpha value is -6.13. The molecule has 0 amide bonds. The Morgan fingerprint density at radius 1 is 0.447 bits per heavy atom. The predicted molar refractivity (Wildman–Crippen MR) is 193 cm³/mol. The fourth-order valence-electron chi connectivity index (χ4n) is 6.43. The number of ether oxygens (including phenoxy) is 1. The van der Waals surface area contributed by atoms with Gasteiger partial charge in [-0.15, -0.1) is 0 Å². The van der Waals surface area contributed by atoms with Gasteiger partial charge < -0.3 is 14.2 Å². The molecular formula is C43H31FN2O. The monoisotopic (exact) mass is 610 g/mol. The molecule has 0 fully saturated rings. The van der Waals surface area contributed by atoms with Gasteiger partial charge in [-0.3, -0.25) is 0 Å². The van der Waals surface area contributed by atoms with Gasteiger partial charge in [0.1, 0.15) is 11.6 Å². The third-order valence-electron chi connectivity index (χ3n) is 8.80. The van der Waals surface area contributed by atoms with Crippen LogP contribution in [0.4, 0.5) is 21.5 Å². The van der Waals surface area contributed by atoms with Gasteiger partial charge in [0.25, 0.3) is 0 Å². The number of anilines is 3. The lowest BCUT2D eigenvalue weighted by atomic mass is 10.0. The first-order valence-corrected chi connectivity index (χ1v) is 15.7. The average Bonchev–Trinajstić information content (AvgIpc) is 3.47. The maximum absolute atomic E-state index is 13.6. The summed E-state index contributed by atoms with van der Waals surface area (Å²) in [6, 6.07) is 57.7. The Kier molecular flexibility index (Phi) is 7.23. The molecule has 1 heterocycles. The first kappa shape index (κ1) is 28.4.